The first kappa shape index (κ1) is 20.0. The number of piperidine rings is 1. The summed E-state index contributed by atoms with van der Waals surface area (Å²) in [4.78, 5) is 15.4. The molecule has 0 bridgehead atoms. The number of hydrogen-bond acceptors (Lipinski definition) is 3. The molecule has 1 aromatic rings. The molecule has 4 aliphatic rings. The third-order valence-corrected chi connectivity index (χ3v) is 10.7. The summed E-state index contributed by atoms with van der Waals surface area (Å²) < 4.78 is 5.48. The summed E-state index contributed by atoms with van der Waals surface area (Å²) in [5, 5.41) is 0. The van der Waals surface area contributed by atoms with Crippen LogP contribution in [0.3, 0.4) is 0 Å². The molecule has 4 heteroatoms. The number of hydrogen-bond donors (Lipinski definition) is 0. The average Bonchev–Trinajstić information content (AvgIpc) is 3.34. The first-order valence-corrected chi connectivity index (χ1v) is 12.9. The van der Waals surface area contributed by atoms with Gasteiger partial charge < -0.3 is 9.32 Å². The van der Waals surface area contributed by atoms with Crippen LogP contribution < -0.4 is 0 Å². The van der Waals surface area contributed by atoms with Crippen LogP contribution >= 0.6 is 11.8 Å². The highest BCUT2D eigenvalue weighted by atomic mass is 32.2. The van der Waals surface area contributed by atoms with Crippen molar-refractivity contribution < 1.29 is 9.21 Å². The maximum atomic E-state index is 13.2. The zero-order chi connectivity index (χ0) is 20.2. The molecule has 5 rings (SSSR count). The number of carbonyl (C=O) groups is 1. The van der Waals surface area contributed by atoms with Crippen molar-refractivity contribution in [1.82, 2.24) is 4.90 Å². The molecular formula is C25H37NO2S. The van der Waals surface area contributed by atoms with Crippen molar-refractivity contribution in [2.75, 3.05) is 12.8 Å². The van der Waals surface area contributed by atoms with Gasteiger partial charge in [-0.3, -0.25) is 4.79 Å². The molecule has 2 heterocycles. The quantitative estimate of drug-likeness (QED) is 0.605. The van der Waals surface area contributed by atoms with Gasteiger partial charge in [0.15, 0.2) is 0 Å². The molecule has 4 fully saturated rings. The van der Waals surface area contributed by atoms with Crippen LogP contribution in [0.15, 0.2) is 22.8 Å². The second kappa shape index (κ2) is 7.35. The lowest BCUT2D eigenvalue weighted by Gasteiger charge is -2.62. The van der Waals surface area contributed by atoms with Gasteiger partial charge in [0.05, 0.1) is 12.0 Å². The molecule has 0 aromatic carbocycles. The Hall–Kier alpha value is -0.900. The molecule has 1 amide bonds. The summed E-state index contributed by atoms with van der Waals surface area (Å²) in [7, 11) is 2.09. The highest BCUT2D eigenvalue weighted by Crippen LogP contribution is 2.65. The smallest absolute Gasteiger partial charge is 0.226 e. The molecule has 0 N–H and O–H groups in total. The summed E-state index contributed by atoms with van der Waals surface area (Å²) in [6, 6.07) is 4.43. The van der Waals surface area contributed by atoms with E-state index in [4.69, 9.17) is 4.42 Å². The maximum absolute atomic E-state index is 13.2. The third kappa shape index (κ3) is 3.20. The Morgan fingerprint density at radius 3 is 2.83 bits per heavy atom. The average molecular weight is 416 g/mol. The van der Waals surface area contributed by atoms with E-state index in [-0.39, 0.29) is 5.92 Å². The fraction of sp³-hybridized carbons (Fsp3) is 0.800. The van der Waals surface area contributed by atoms with Crippen LogP contribution in [0, 0.1) is 34.5 Å². The highest BCUT2D eigenvalue weighted by Gasteiger charge is 2.60. The topological polar surface area (TPSA) is 33.5 Å². The van der Waals surface area contributed by atoms with Crippen LogP contribution in [-0.4, -0.2) is 29.6 Å². The number of nitrogens with zero attached hydrogens (tertiary/aromatic N) is 1. The van der Waals surface area contributed by atoms with Crippen LogP contribution in [-0.2, 0) is 10.5 Å². The van der Waals surface area contributed by atoms with Crippen LogP contribution in [0.5, 0.6) is 0 Å². The van der Waals surface area contributed by atoms with Crippen molar-refractivity contribution in [3.8, 4) is 0 Å². The van der Waals surface area contributed by atoms with E-state index in [0.29, 0.717) is 22.8 Å². The molecule has 0 spiro atoms. The minimum Gasteiger partial charge on any atom is -0.468 e. The lowest BCUT2D eigenvalue weighted by Crippen LogP contribution is -2.63. The van der Waals surface area contributed by atoms with Gasteiger partial charge in [-0.15, -0.1) is 0 Å². The Morgan fingerprint density at radius 2 is 2.03 bits per heavy atom. The lowest BCUT2D eigenvalue weighted by molar-refractivity contribution is -0.164. The van der Waals surface area contributed by atoms with Crippen molar-refractivity contribution >= 4 is 17.7 Å². The zero-order valence-electron chi connectivity index (χ0n) is 18.4. The van der Waals surface area contributed by atoms with Gasteiger partial charge in [0.25, 0.3) is 0 Å². The molecule has 160 valence electrons. The van der Waals surface area contributed by atoms with E-state index in [0.717, 1.165) is 41.4 Å². The third-order valence-electron chi connectivity index (χ3n) is 9.59. The predicted molar refractivity (Wildman–Crippen MR) is 119 cm³/mol. The molecule has 1 aromatic heterocycles. The molecule has 29 heavy (non-hydrogen) atoms. The number of furan rings is 1. The SMILES string of the molecule is CN1C(=O)C(CSCc2ccco2)C[C@@]2(C)C1CC[C@H]1[C@@H]3CCC[C@@]3(C)CC[C@@H]12. The van der Waals surface area contributed by atoms with Gasteiger partial charge in [0.1, 0.15) is 5.76 Å². The molecule has 3 nitrogen and oxygen atoms in total. The predicted octanol–water partition coefficient (Wildman–Crippen LogP) is 5.99. The number of thioether (sulfide) groups is 1. The fourth-order valence-electron chi connectivity index (χ4n) is 8.24. The second-order valence-corrected chi connectivity index (χ2v) is 12.0. The minimum atomic E-state index is 0.164. The molecule has 1 aliphatic heterocycles. The van der Waals surface area contributed by atoms with Gasteiger partial charge in [0.2, 0.25) is 5.91 Å². The van der Waals surface area contributed by atoms with Crippen molar-refractivity contribution in [3.63, 3.8) is 0 Å². The summed E-state index contributed by atoms with van der Waals surface area (Å²) in [6.45, 7) is 5.14. The van der Waals surface area contributed by atoms with Gasteiger partial charge in [-0.05, 0) is 85.7 Å². The molecule has 3 saturated carbocycles. The van der Waals surface area contributed by atoms with Gasteiger partial charge >= 0.3 is 0 Å². The summed E-state index contributed by atoms with van der Waals surface area (Å²) in [5.41, 5.74) is 0.907. The van der Waals surface area contributed by atoms with Crippen molar-refractivity contribution in [2.24, 2.45) is 34.5 Å². The first-order chi connectivity index (χ1) is 13.9. The van der Waals surface area contributed by atoms with Gasteiger partial charge in [0, 0.05) is 24.8 Å². The summed E-state index contributed by atoms with van der Waals surface area (Å²) >= 11 is 1.86. The largest absolute Gasteiger partial charge is 0.468 e. The molecule has 2 unspecified atom stereocenters. The zero-order valence-corrected chi connectivity index (χ0v) is 19.2. The molecular weight excluding hydrogens is 378 g/mol. The van der Waals surface area contributed by atoms with E-state index in [9.17, 15) is 4.79 Å². The van der Waals surface area contributed by atoms with E-state index >= 15 is 0 Å². The van der Waals surface area contributed by atoms with E-state index in [1.165, 1.54) is 44.9 Å². The Bertz CT molecular complexity index is 748. The number of carbonyl (C=O) groups excluding carboxylic acids is 1. The fourth-order valence-corrected chi connectivity index (χ4v) is 9.27. The van der Waals surface area contributed by atoms with E-state index < -0.39 is 0 Å². The Kier molecular flexibility index (Phi) is 5.08. The van der Waals surface area contributed by atoms with E-state index in [2.05, 4.69) is 25.8 Å². The van der Waals surface area contributed by atoms with Crippen LogP contribution in [0.2, 0.25) is 0 Å². The maximum Gasteiger partial charge on any atom is 0.226 e. The number of amides is 1. The normalized spacial score (nSPS) is 44.3. The van der Waals surface area contributed by atoms with Crippen molar-refractivity contribution in [2.45, 2.75) is 77.0 Å². The first-order valence-electron chi connectivity index (χ1n) is 11.8. The van der Waals surface area contributed by atoms with Crippen LogP contribution in [0.1, 0.15) is 71.0 Å². The van der Waals surface area contributed by atoms with E-state index in [1.807, 2.05) is 23.9 Å². The molecule has 3 aliphatic carbocycles. The number of fused-ring (bicyclic) bond motifs is 5. The summed E-state index contributed by atoms with van der Waals surface area (Å²) in [6.07, 6.45) is 12.5. The Morgan fingerprint density at radius 1 is 1.17 bits per heavy atom. The van der Waals surface area contributed by atoms with Gasteiger partial charge in [-0.1, -0.05) is 20.3 Å². The molecule has 0 radical (unpaired) electrons. The molecule has 7 atom stereocenters. The Balaban J connectivity index is 1.34. The van der Waals surface area contributed by atoms with Gasteiger partial charge in [-0.2, -0.15) is 11.8 Å². The Labute approximate surface area is 180 Å². The molecule has 1 saturated heterocycles. The highest BCUT2D eigenvalue weighted by molar-refractivity contribution is 7.98. The summed E-state index contributed by atoms with van der Waals surface area (Å²) in [5.74, 6) is 6.00. The second-order valence-electron chi connectivity index (χ2n) is 11.0. The van der Waals surface area contributed by atoms with E-state index in [1.54, 1.807) is 6.26 Å². The lowest BCUT2D eigenvalue weighted by atomic mass is 9.47. The van der Waals surface area contributed by atoms with Crippen molar-refractivity contribution in [1.29, 1.82) is 0 Å². The van der Waals surface area contributed by atoms with Crippen LogP contribution in [0.4, 0.5) is 0 Å². The number of rotatable bonds is 4. The van der Waals surface area contributed by atoms with Crippen LogP contribution in [0.25, 0.3) is 0 Å². The van der Waals surface area contributed by atoms with Gasteiger partial charge in [-0.25, -0.2) is 0 Å². The minimum absolute atomic E-state index is 0.164. The van der Waals surface area contributed by atoms with Crippen molar-refractivity contribution in [3.05, 3.63) is 24.2 Å². The standard InChI is InChI=1S/C25H37NO2S/c1-24-11-4-7-20(24)19-8-9-22-25(2,21(19)10-12-24)14-17(23(27)26(22)3)15-29-16-18-6-5-13-28-18/h5-6,13,17,19-22H,4,7-12,14-16H2,1-3H3/t17?,19-,20-,21-,22?,24-,25+/m0/s1. The number of likely N-dealkylation sites (tertiary alicyclic amines) is 1. The monoisotopic (exact) mass is 415 g/mol.